The second-order valence-electron chi connectivity index (χ2n) is 5.71. The zero-order valence-electron chi connectivity index (χ0n) is 14.8. The Morgan fingerprint density at radius 1 is 1.23 bits per heavy atom. The minimum Gasteiger partial charge on any atom is -0.351 e. The first kappa shape index (κ1) is 18.0. The maximum absolute atomic E-state index is 12.2. The highest BCUT2D eigenvalue weighted by Gasteiger charge is 2.09. The molecule has 0 bridgehead atoms. The summed E-state index contributed by atoms with van der Waals surface area (Å²) in [6, 6.07) is 7.39. The molecule has 1 amide bonds. The van der Waals surface area contributed by atoms with Crippen molar-refractivity contribution in [2.45, 2.75) is 19.0 Å². The Hall–Kier alpha value is -2.81. The van der Waals surface area contributed by atoms with Gasteiger partial charge in [-0.15, -0.1) is 5.10 Å². The molecule has 0 unspecified atom stereocenters. The van der Waals surface area contributed by atoms with Crippen LogP contribution < -0.4 is 5.32 Å². The van der Waals surface area contributed by atoms with E-state index in [-0.39, 0.29) is 5.91 Å². The minimum absolute atomic E-state index is 0.111. The summed E-state index contributed by atoms with van der Waals surface area (Å²) in [5, 5.41) is 14.8. The molecule has 0 saturated heterocycles. The summed E-state index contributed by atoms with van der Waals surface area (Å²) < 4.78 is 1.60. The van der Waals surface area contributed by atoms with Crippen molar-refractivity contribution >= 4 is 17.7 Å². The van der Waals surface area contributed by atoms with E-state index in [2.05, 4.69) is 30.8 Å². The molecule has 134 valence electrons. The number of hydrogen-bond donors (Lipinski definition) is 1. The number of carbonyl (C=O) groups excluding carboxylic acids is 1. The van der Waals surface area contributed by atoms with Crippen LogP contribution in [0.5, 0.6) is 0 Å². The average molecular weight is 369 g/mol. The normalized spacial score (nSPS) is 10.7. The molecule has 0 saturated carbocycles. The van der Waals surface area contributed by atoms with E-state index in [0.29, 0.717) is 17.9 Å². The molecule has 0 radical (unpaired) electrons. The molecule has 2 aromatic heterocycles. The van der Waals surface area contributed by atoms with Crippen LogP contribution in [0.4, 0.5) is 0 Å². The third-order valence-electron chi connectivity index (χ3n) is 3.70. The van der Waals surface area contributed by atoms with Crippen LogP contribution in [0.25, 0.3) is 11.3 Å². The van der Waals surface area contributed by atoms with Crippen LogP contribution >= 0.6 is 11.8 Å². The summed E-state index contributed by atoms with van der Waals surface area (Å²) in [5.74, 6) is 0.580. The first-order chi connectivity index (χ1) is 12.5. The topological polar surface area (TPSA) is 98.5 Å². The number of nitrogens with zero attached hydrogens (tertiary/aromatic N) is 6. The summed E-state index contributed by atoms with van der Waals surface area (Å²) in [6.45, 7) is 4.36. The molecule has 0 aliphatic carbocycles. The quantitative estimate of drug-likeness (QED) is 0.522. The Labute approximate surface area is 155 Å². The minimum atomic E-state index is -0.111. The van der Waals surface area contributed by atoms with E-state index >= 15 is 0 Å². The molecule has 8 nitrogen and oxygen atoms in total. The molecule has 1 N–H and O–H groups in total. The highest BCUT2D eigenvalue weighted by Crippen LogP contribution is 2.20. The van der Waals surface area contributed by atoms with Gasteiger partial charge in [0.25, 0.3) is 5.91 Å². The molecule has 0 aliphatic heterocycles. The van der Waals surface area contributed by atoms with Crippen LogP contribution in [0.1, 0.15) is 21.7 Å². The van der Waals surface area contributed by atoms with Gasteiger partial charge in [-0.05, 0) is 36.4 Å². The third kappa shape index (κ3) is 4.23. The Morgan fingerprint density at radius 3 is 2.69 bits per heavy atom. The number of thioether (sulfide) groups is 1. The van der Waals surface area contributed by atoms with E-state index in [1.165, 1.54) is 11.8 Å². The maximum atomic E-state index is 12.2. The van der Waals surface area contributed by atoms with Gasteiger partial charge in [0.2, 0.25) is 5.16 Å². The highest BCUT2D eigenvalue weighted by molar-refractivity contribution is 7.99. The summed E-state index contributed by atoms with van der Waals surface area (Å²) in [6.07, 6.45) is 1.75. The first-order valence-corrected chi connectivity index (χ1v) is 9.07. The standard InChI is InChI=1S/C17H19N7OS/c1-11-10-19-12(2)15(20-11)13-4-6-14(7-5-13)16(25)18-8-9-26-17-21-22-23-24(17)3/h4-7,10H,8-9H2,1-3H3,(H,18,25). The lowest BCUT2D eigenvalue weighted by atomic mass is 10.1. The van der Waals surface area contributed by atoms with Gasteiger partial charge < -0.3 is 5.32 Å². The van der Waals surface area contributed by atoms with Crippen LogP contribution in [0.3, 0.4) is 0 Å². The fourth-order valence-corrected chi connectivity index (χ4v) is 3.05. The van der Waals surface area contributed by atoms with Crippen molar-refractivity contribution in [1.82, 2.24) is 35.5 Å². The molecular formula is C17H19N7OS. The average Bonchev–Trinajstić information content (AvgIpc) is 3.06. The molecule has 9 heteroatoms. The Kier molecular flexibility index (Phi) is 5.57. The number of carbonyl (C=O) groups is 1. The molecule has 26 heavy (non-hydrogen) atoms. The summed E-state index contributed by atoms with van der Waals surface area (Å²) in [7, 11) is 1.78. The Balaban J connectivity index is 1.57. The van der Waals surface area contributed by atoms with Gasteiger partial charge in [-0.1, -0.05) is 23.9 Å². The van der Waals surface area contributed by atoms with Crippen LogP contribution in [-0.4, -0.2) is 48.4 Å². The molecule has 0 spiro atoms. The summed E-state index contributed by atoms with van der Waals surface area (Å²) in [5.41, 5.74) is 4.12. The molecular weight excluding hydrogens is 350 g/mol. The lowest BCUT2D eigenvalue weighted by Gasteiger charge is -2.08. The van der Waals surface area contributed by atoms with Crippen LogP contribution in [0.2, 0.25) is 0 Å². The predicted molar refractivity (Wildman–Crippen MR) is 98.8 cm³/mol. The van der Waals surface area contributed by atoms with Crippen molar-refractivity contribution in [3.63, 3.8) is 0 Å². The van der Waals surface area contributed by atoms with Crippen molar-refractivity contribution in [3.8, 4) is 11.3 Å². The van der Waals surface area contributed by atoms with Crippen molar-refractivity contribution < 1.29 is 4.79 Å². The lowest BCUT2D eigenvalue weighted by molar-refractivity contribution is 0.0956. The van der Waals surface area contributed by atoms with Crippen molar-refractivity contribution in [2.24, 2.45) is 7.05 Å². The monoisotopic (exact) mass is 369 g/mol. The summed E-state index contributed by atoms with van der Waals surface area (Å²) in [4.78, 5) is 21.1. The van der Waals surface area contributed by atoms with Gasteiger partial charge in [-0.2, -0.15) is 0 Å². The van der Waals surface area contributed by atoms with Crippen LogP contribution in [0, 0.1) is 13.8 Å². The van der Waals surface area contributed by atoms with E-state index in [4.69, 9.17) is 0 Å². The SMILES string of the molecule is Cc1cnc(C)c(-c2ccc(C(=O)NCCSc3nnnn3C)cc2)n1. The van der Waals surface area contributed by atoms with Gasteiger partial charge in [-0.3, -0.25) is 9.78 Å². The van der Waals surface area contributed by atoms with Crippen LogP contribution in [-0.2, 0) is 7.05 Å². The Bertz CT molecular complexity index is 908. The zero-order valence-corrected chi connectivity index (χ0v) is 15.6. The number of amides is 1. The molecule has 1 aromatic carbocycles. The number of rotatable bonds is 6. The number of aromatic nitrogens is 6. The number of benzene rings is 1. The fraction of sp³-hybridized carbons (Fsp3) is 0.294. The molecule has 2 heterocycles. The van der Waals surface area contributed by atoms with Gasteiger partial charge in [0.05, 0.1) is 17.1 Å². The van der Waals surface area contributed by atoms with E-state index < -0.39 is 0 Å². The van der Waals surface area contributed by atoms with E-state index in [1.807, 2.05) is 26.0 Å². The van der Waals surface area contributed by atoms with Gasteiger partial charge in [0.1, 0.15) is 0 Å². The predicted octanol–water partition coefficient (Wildman–Crippen LogP) is 1.81. The van der Waals surface area contributed by atoms with Gasteiger partial charge >= 0.3 is 0 Å². The fourth-order valence-electron chi connectivity index (χ4n) is 2.34. The van der Waals surface area contributed by atoms with E-state index in [0.717, 1.165) is 27.8 Å². The van der Waals surface area contributed by atoms with Gasteiger partial charge in [-0.25, -0.2) is 9.67 Å². The number of hydrogen-bond acceptors (Lipinski definition) is 7. The first-order valence-electron chi connectivity index (χ1n) is 8.08. The largest absolute Gasteiger partial charge is 0.351 e. The number of nitrogens with one attached hydrogen (secondary N) is 1. The molecule has 3 rings (SSSR count). The second-order valence-corrected chi connectivity index (χ2v) is 6.77. The maximum Gasteiger partial charge on any atom is 0.251 e. The van der Waals surface area contributed by atoms with Crippen molar-refractivity contribution in [1.29, 1.82) is 0 Å². The smallest absolute Gasteiger partial charge is 0.251 e. The molecule has 0 atom stereocenters. The third-order valence-corrected chi connectivity index (χ3v) is 4.71. The van der Waals surface area contributed by atoms with E-state index in [1.54, 1.807) is 30.1 Å². The number of tetrazole rings is 1. The summed E-state index contributed by atoms with van der Waals surface area (Å²) >= 11 is 1.49. The molecule has 0 fully saturated rings. The van der Waals surface area contributed by atoms with E-state index in [9.17, 15) is 4.79 Å². The number of aryl methyl sites for hydroxylation is 3. The van der Waals surface area contributed by atoms with Crippen LogP contribution in [0.15, 0.2) is 35.6 Å². The Morgan fingerprint density at radius 2 is 2.00 bits per heavy atom. The van der Waals surface area contributed by atoms with Crippen molar-refractivity contribution in [2.75, 3.05) is 12.3 Å². The van der Waals surface area contributed by atoms with Crippen molar-refractivity contribution in [3.05, 3.63) is 47.4 Å². The lowest BCUT2D eigenvalue weighted by Crippen LogP contribution is -2.25. The second kappa shape index (κ2) is 8.05. The van der Waals surface area contributed by atoms with Gasteiger partial charge in [0, 0.05) is 36.7 Å². The van der Waals surface area contributed by atoms with Gasteiger partial charge in [0.15, 0.2) is 0 Å². The molecule has 0 aliphatic rings. The molecule has 3 aromatic rings. The zero-order chi connectivity index (χ0) is 18.5. The highest BCUT2D eigenvalue weighted by atomic mass is 32.2.